The second-order valence-electron chi connectivity index (χ2n) is 5.60. The fraction of sp³-hybridized carbons (Fsp3) is 0.438. The Hall–Kier alpha value is -2.57. The maximum absolute atomic E-state index is 12.3. The van der Waals surface area contributed by atoms with Gasteiger partial charge < -0.3 is 19.5 Å². The van der Waals surface area contributed by atoms with Crippen molar-refractivity contribution < 1.29 is 14.1 Å². The van der Waals surface area contributed by atoms with Gasteiger partial charge in [-0.2, -0.15) is 4.98 Å². The lowest BCUT2D eigenvalue weighted by Gasteiger charge is -2.30. The molecule has 122 valence electrons. The molecule has 7 nitrogen and oxygen atoms in total. The van der Waals surface area contributed by atoms with Gasteiger partial charge in [-0.25, -0.2) is 4.79 Å². The van der Waals surface area contributed by atoms with Crippen molar-refractivity contribution in [1.29, 1.82) is 0 Å². The van der Waals surface area contributed by atoms with Crippen LogP contribution in [0.15, 0.2) is 28.8 Å². The molecular formula is C16H20N4O3. The van der Waals surface area contributed by atoms with E-state index in [0.717, 1.165) is 24.3 Å². The average molecular weight is 316 g/mol. The molecule has 7 heteroatoms. The molecule has 1 N–H and O–H groups in total. The summed E-state index contributed by atoms with van der Waals surface area (Å²) in [6.07, 6.45) is 1.66. The van der Waals surface area contributed by atoms with E-state index in [1.54, 1.807) is 7.11 Å². The lowest BCUT2D eigenvalue weighted by molar-refractivity contribution is 0.187. The van der Waals surface area contributed by atoms with E-state index in [1.165, 1.54) is 0 Å². The van der Waals surface area contributed by atoms with E-state index in [0.29, 0.717) is 24.8 Å². The summed E-state index contributed by atoms with van der Waals surface area (Å²) in [5.74, 6) is 2.33. The van der Waals surface area contributed by atoms with Crippen LogP contribution >= 0.6 is 0 Å². The molecule has 0 spiro atoms. The van der Waals surface area contributed by atoms with Gasteiger partial charge >= 0.3 is 6.03 Å². The first-order valence-electron chi connectivity index (χ1n) is 7.66. The molecule has 1 aromatic carbocycles. The lowest BCUT2D eigenvalue weighted by atomic mass is 9.97. The number of hydrogen-bond donors (Lipinski definition) is 1. The molecule has 1 fully saturated rings. The van der Waals surface area contributed by atoms with Gasteiger partial charge in [-0.1, -0.05) is 5.16 Å². The Kier molecular flexibility index (Phi) is 4.45. The fourth-order valence-electron chi connectivity index (χ4n) is 2.69. The first kappa shape index (κ1) is 15.3. The number of ether oxygens (including phenoxy) is 1. The van der Waals surface area contributed by atoms with Gasteiger partial charge in [-0.3, -0.25) is 0 Å². The highest BCUT2D eigenvalue weighted by atomic mass is 16.5. The molecule has 3 rings (SSSR count). The van der Waals surface area contributed by atoms with Crippen LogP contribution in [0.1, 0.15) is 30.5 Å². The van der Waals surface area contributed by atoms with E-state index >= 15 is 0 Å². The highest BCUT2D eigenvalue weighted by Crippen LogP contribution is 2.27. The van der Waals surface area contributed by atoms with Gasteiger partial charge in [-0.15, -0.1) is 0 Å². The minimum absolute atomic E-state index is 0.0877. The van der Waals surface area contributed by atoms with Gasteiger partial charge in [0.2, 0.25) is 5.89 Å². The third-order valence-corrected chi connectivity index (χ3v) is 4.02. The molecule has 0 saturated carbocycles. The number of nitrogens with one attached hydrogen (secondary N) is 1. The Morgan fingerprint density at radius 2 is 2.00 bits per heavy atom. The summed E-state index contributed by atoms with van der Waals surface area (Å²) in [4.78, 5) is 18.4. The highest BCUT2D eigenvalue weighted by Gasteiger charge is 2.27. The number of amides is 2. The monoisotopic (exact) mass is 316 g/mol. The number of methoxy groups -OCH3 is 1. The van der Waals surface area contributed by atoms with Gasteiger partial charge in [0.15, 0.2) is 5.82 Å². The maximum atomic E-state index is 12.3. The first-order chi connectivity index (χ1) is 11.2. The normalized spacial score (nSPS) is 15.5. The van der Waals surface area contributed by atoms with Crippen molar-refractivity contribution in [1.82, 2.24) is 15.0 Å². The summed E-state index contributed by atoms with van der Waals surface area (Å²) in [7, 11) is 1.61. The molecule has 2 aromatic rings. The lowest BCUT2D eigenvalue weighted by Crippen LogP contribution is -2.40. The Morgan fingerprint density at radius 3 is 2.57 bits per heavy atom. The van der Waals surface area contributed by atoms with Crippen LogP contribution in [0.5, 0.6) is 5.75 Å². The predicted octanol–water partition coefficient (Wildman–Crippen LogP) is 2.80. The number of anilines is 1. The summed E-state index contributed by atoms with van der Waals surface area (Å²) < 4.78 is 10.3. The van der Waals surface area contributed by atoms with E-state index in [2.05, 4.69) is 15.5 Å². The summed E-state index contributed by atoms with van der Waals surface area (Å²) in [6.45, 7) is 3.16. The molecule has 0 radical (unpaired) electrons. The van der Waals surface area contributed by atoms with Gasteiger partial charge in [0.1, 0.15) is 5.75 Å². The van der Waals surface area contributed by atoms with Gasteiger partial charge in [0.25, 0.3) is 0 Å². The molecule has 1 saturated heterocycles. The minimum atomic E-state index is -0.0877. The van der Waals surface area contributed by atoms with Gasteiger partial charge in [0.05, 0.1) is 7.11 Å². The molecule has 0 bridgehead atoms. The summed E-state index contributed by atoms with van der Waals surface area (Å²) in [6, 6.07) is 7.20. The van der Waals surface area contributed by atoms with Crippen molar-refractivity contribution in [3.63, 3.8) is 0 Å². The van der Waals surface area contributed by atoms with Crippen LogP contribution in [0.2, 0.25) is 0 Å². The topological polar surface area (TPSA) is 80.5 Å². The molecule has 0 atom stereocenters. The first-order valence-corrected chi connectivity index (χ1v) is 7.66. The van der Waals surface area contributed by atoms with Crippen LogP contribution in [-0.4, -0.2) is 41.3 Å². The van der Waals surface area contributed by atoms with E-state index in [9.17, 15) is 4.79 Å². The fourth-order valence-corrected chi connectivity index (χ4v) is 2.69. The van der Waals surface area contributed by atoms with Crippen molar-refractivity contribution in [3.8, 4) is 5.75 Å². The Bertz CT molecular complexity index is 660. The number of likely N-dealkylation sites (tertiary alicyclic amines) is 1. The predicted molar refractivity (Wildman–Crippen MR) is 84.6 cm³/mol. The third-order valence-electron chi connectivity index (χ3n) is 4.02. The number of piperidine rings is 1. The minimum Gasteiger partial charge on any atom is -0.497 e. The van der Waals surface area contributed by atoms with Crippen molar-refractivity contribution in [2.75, 3.05) is 25.5 Å². The molecule has 2 heterocycles. The van der Waals surface area contributed by atoms with Gasteiger partial charge in [-0.05, 0) is 44.0 Å². The Balaban J connectivity index is 1.53. The highest BCUT2D eigenvalue weighted by molar-refractivity contribution is 5.89. The molecule has 2 amide bonds. The Labute approximate surface area is 134 Å². The van der Waals surface area contributed by atoms with Crippen molar-refractivity contribution >= 4 is 11.7 Å². The van der Waals surface area contributed by atoms with Gasteiger partial charge in [0, 0.05) is 24.7 Å². The van der Waals surface area contributed by atoms with Crippen LogP contribution in [0.25, 0.3) is 0 Å². The number of carbonyl (C=O) groups is 1. The van der Waals surface area contributed by atoms with Crippen molar-refractivity contribution in [3.05, 3.63) is 36.0 Å². The smallest absolute Gasteiger partial charge is 0.321 e. The zero-order valence-electron chi connectivity index (χ0n) is 13.3. The zero-order valence-corrected chi connectivity index (χ0v) is 13.3. The number of nitrogens with zero attached hydrogens (tertiary/aromatic N) is 3. The van der Waals surface area contributed by atoms with Crippen molar-refractivity contribution in [2.45, 2.75) is 25.7 Å². The third kappa shape index (κ3) is 3.61. The standard InChI is InChI=1S/C16H20N4O3/c1-11-17-15(23-19-11)12-7-9-20(10-8-12)16(21)18-13-3-5-14(22-2)6-4-13/h3-6,12H,7-10H2,1-2H3,(H,18,21). The van der Waals surface area contributed by atoms with Crippen LogP contribution in [0.4, 0.5) is 10.5 Å². The van der Waals surface area contributed by atoms with Crippen molar-refractivity contribution in [2.24, 2.45) is 0 Å². The van der Waals surface area contributed by atoms with E-state index in [-0.39, 0.29) is 11.9 Å². The quantitative estimate of drug-likeness (QED) is 0.941. The number of hydrogen-bond acceptors (Lipinski definition) is 5. The number of benzene rings is 1. The molecular weight excluding hydrogens is 296 g/mol. The molecule has 1 aliphatic rings. The largest absolute Gasteiger partial charge is 0.497 e. The average Bonchev–Trinajstić information content (AvgIpc) is 3.02. The summed E-state index contributed by atoms with van der Waals surface area (Å²) in [5, 5.41) is 6.73. The molecule has 0 aliphatic carbocycles. The summed E-state index contributed by atoms with van der Waals surface area (Å²) >= 11 is 0. The number of rotatable bonds is 3. The summed E-state index contributed by atoms with van der Waals surface area (Å²) in [5.41, 5.74) is 0.755. The van der Waals surface area contributed by atoms with Crippen LogP contribution in [0.3, 0.4) is 0 Å². The van der Waals surface area contributed by atoms with E-state index < -0.39 is 0 Å². The second kappa shape index (κ2) is 6.68. The van der Waals surface area contributed by atoms with Crippen LogP contribution < -0.4 is 10.1 Å². The van der Waals surface area contributed by atoms with Crippen LogP contribution in [-0.2, 0) is 0 Å². The molecule has 0 unspecified atom stereocenters. The maximum Gasteiger partial charge on any atom is 0.321 e. The molecule has 1 aliphatic heterocycles. The second-order valence-corrected chi connectivity index (χ2v) is 5.60. The number of aromatic nitrogens is 2. The number of urea groups is 1. The zero-order chi connectivity index (χ0) is 16.2. The van der Waals surface area contributed by atoms with E-state index in [4.69, 9.17) is 9.26 Å². The number of carbonyl (C=O) groups excluding carboxylic acids is 1. The Morgan fingerprint density at radius 1 is 1.30 bits per heavy atom. The molecule has 1 aromatic heterocycles. The molecule has 23 heavy (non-hydrogen) atoms. The van der Waals surface area contributed by atoms with E-state index in [1.807, 2.05) is 36.1 Å². The SMILES string of the molecule is COc1ccc(NC(=O)N2CCC(c3nc(C)no3)CC2)cc1. The van der Waals surface area contributed by atoms with Crippen LogP contribution in [0, 0.1) is 6.92 Å². The number of aryl methyl sites for hydroxylation is 1.